The van der Waals surface area contributed by atoms with E-state index in [9.17, 15) is 4.79 Å². The van der Waals surface area contributed by atoms with Gasteiger partial charge >= 0.3 is 5.97 Å². The van der Waals surface area contributed by atoms with E-state index in [0.717, 1.165) is 19.5 Å². The second kappa shape index (κ2) is 4.88. The number of benzene rings is 1. The van der Waals surface area contributed by atoms with Gasteiger partial charge in [0, 0.05) is 13.1 Å². The molecule has 3 heteroatoms. The Kier molecular flexibility index (Phi) is 3.48. The lowest BCUT2D eigenvalue weighted by Gasteiger charge is -2.32. The van der Waals surface area contributed by atoms with E-state index in [-0.39, 0.29) is 12.0 Å². The largest absolute Gasteiger partial charge is 0.468 e. The molecule has 0 amide bonds. The Morgan fingerprint density at radius 1 is 1.41 bits per heavy atom. The SMILES string of the molecule is COC(=O)C(C)N1CCc2ccc(C)cc2C1. The maximum absolute atomic E-state index is 11.5. The molecular formula is C14H19NO2. The average Bonchev–Trinajstić information content (AvgIpc) is 2.36. The number of ether oxygens (including phenoxy) is 1. The molecule has 0 aromatic heterocycles. The zero-order valence-corrected chi connectivity index (χ0v) is 10.7. The van der Waals surface area contributed by atoms with Crippen LogP contribution >= 0.6 is 0 Å². The Balaban J connectivity index is 2.15. The fourth-order valence-electron chi connectivity index (χ4n) is 2.36. The number of hydrogen-bond acceptors (Lipinski definition) is 3. The zero-order chi connectivity index (χ0) is 12.4. The first-order chi connectivity index (χ1) is 8.11. The van der Waals surface area contributed by atoms with Gasteiger partial charge in [-0.05, 0) is 31.4 Å². The van der Waals surface area contributed by atoms with Crippen molar-refractivity contribution in [1.82, 2.24) is 4.90 Å². The topological polar surface area (TPSA) is 29.5 Å². The third-order valence-electron chi connectivity index (χ3n) is 3.49. The van der Waals surface area contributed by atoms with Crippen molar-refractivity contribution >= 4 is 5.97 Å². The van der Waals surface area contributed by atoms with E-state index < -0.39 is 0 Å². The summed E-state index contributed by atoms with van der Waals surface area (Å²) in [5.74, 6) is -0.152. The lowest BCUT2D eigenvalue weighted by Crippen LogP contribution is -2.42. The molecule has 0 fully saturated rings. The van der Waals surface area contributed by atoms with E-state index in [2.05, 4.69) is 30.0 Å². The molecule has 1 aliphatic heterocycles. The lowest BCUT2D eigenvalue weighted by atomic mass is 9.97. The minimum Gasteiger partial charge on any atom is -0.468 e. The van der Waals surface area contributed by atoms with Gasteiger partial charge in [-0.2, -0.15) is 0 Å². The first-order valence-corrected chi connectivity index (χ1v) is 6.02. The molecule has 3 nitrogen and oxygen atoms in total. The van der Waals surface area contributed by atoms with Crippen LogP contribution in [0.25, 0.3) is 0 Å². The second-order valence-corrected chi connectivity index (χ2v) is 4.69. The van der Waals surface area contributed by atoms with E-state index in [1.54, 1.807) is 0 Å². The van der Waals surface area contributed by atoms with Crippen molar-refractivity contribution in [2.45, 2.75) is 32.9 Å². The predicted molar refractivity (Wildman–Crippen MR) is 66.8 cm³/mol. The molecule has 0 saturated heterocycles. The molecule has 1 unspecified atom stereocenters. The van der Waals surface area contributed by atoms with Crippen LogP contribution in [0, 0.1) is 6.92 Å². The van der Waals surface area contributed by atoms with Gasteiger partial charge in [0.1, 0.15) is 6.04 Å². The van der Waals surface area contributed by atoms with Gasteiger partial charge in [-0.15, -0.1) is 0 Å². The maximum Gasteiger partial charge on any atom is 0.322 e. The standard InChI is InChI=1S/C14H19NO2/c1-10-4-5-12-6-7-15(9-13(12)8-10)11(2)14(16)17-3/h4-5,8,11H,6-7,9H2,1-3H3. The molecule has 0 N–H and O–H groups in total. The molecule has 0 saturated carbocycles. The van der Waals surface area contributed by atoms with Crippen LogP contribution in [0.2, 0.25) is 0 Å². The van der Waals surface area contributed by atoms with Gasteiger partial charge in [0.25, 0.3) is 0 Å². The van der Waals surface area contributed by atoms with Crippen molar-refractivity contribution in [2.24, 2.45) is 0 Å². The number of methoxy groups -OCH3 is 1. The van der Waals surface area contributed by atoms with E-state index in [0.29, 0.717) is 0 Å². The molecule has 2 rings (SSSR count). The molecule has 0 radical (unpaired) electrons. The molecule has 1 aromatic carbocycles. The van der Waals surface area contributed by atoms with Gasteiger partial charge in [0.05, 0.1) is 7.11 Å². The van der Waals surface area contributed by atoms with E-state index in [1.165, 1.54) is 23.8 Å². The molecule has 1 heterocycles. The summed E-state index contributed by atoms with van der Waals surface area (Å²) in [7, 11) is 1.45. The smallest absolute Gasteiger partial charge is 0.322 e. The maximum atomic E-state index is 11.5. The van der Waals surface area contributed by atoms with Gasteiger partial charge in [-0.1, -0.05) is 23.8 Å². The number of rotatable bonds is 2. The molecule has 0 spiro atoms. The summed E-state index contributed by atoms with van der Waals surface area (Å²) in [5, 5.41) is 0. The van der Waals surface area contributed by atoms with Crippen LogP contribution < -0.4 is 0 Å². The summed E-state index contributed by atoms with van der Waals surface area (Å²) in [6, 6.07) is 6.41. The van der Waals surface area contributed by atoms with Gasteiger partial charge in [-0.25, -0.2) is 0 Å². The van der Waals surface area contributed by atoms with E-state index >= 15 is 0 Å². The summed E-state index contributed by atoms with van der Waals surface area (Å²) >= 11 is 0. The average molecular weight is 233 g/mol. The number of hydrogen-bond donors (Lipinski definition) is 0. The first-order valence-electron chi connectivity index (χ1n) is 6.02. The predicted octanol–water partition coefficient (Wildman–Crippen LogP) is 1.91. The van der Waals surface area contributed by atoms with Gasteiger partial charge < -0.3 is 4.74 Å². The summed E-state index contributed by atoms with van der Waals surface area (Å²) in [4.78, 5) is 13.7. The molecule has 1 aliphatic rings. The van der Waals surface area contributed by atoms with E-state index in [4.69, 9.17) is 4.74 Å². The molecule has 0 aliphatic carbocycles. The van der Waals surface area contributed by atoms with Crippen LogP contribution in [-0.4, -0.2) is 30.6 Å². The van der Waals surface area contributed by atoms with Crippen molar-refractivity contribution in [3.63, 3.8) is 0 Å². The Morgan fingerprint density at radius 3 is 2.88 bits per heavy atom. The number of carbonyl (C=O) groups is 1. The highest BCUT2D eigenvalue weighted by molar-refractivity contribution is 5.75. The normalized spacial score (nSPS) is 17.4. The second-order valence-electron chi connectivity index (χ2n) is 4.69. The van der Waals surface area contributed by atoms with Crippen molar-refractivity contribution in [3.8, 4) is 0 Å². The van der Waals surface area contributed by atoms with Gasteiger partial charge in [0.15, 0.2) is 0 Å². The Labute approximate surface area is 102 Å². The number of esters is 1. The van der Waals surface area contributed by atoms with Gasteiger partial charge in [0.2, 0.25) is 0 Å². The summed E-state index contributed by atoms with van der Waals surface area (Å²) in [6.07, 6.45) is 1.01. The van der Waals surface area contributed by atoms with Crippen molar-refractivity contribution in [2.75, 3.05) is 13.7 Å². The molecule has 0 bridgehead atoms. The van der Waals surface area contributed by atoms with Crippen LogP contribution in [-0.2, 0) is 22.5 Å². The fraction of sp³-hybridized carbons (Fsp3) is 0.500. The third-order valence-corrected chi connectivity index (χ3v) is 3.49. The van der Waals surface area contributed by atoms with Gasteiger partial charge in [-0.3, -0.25) is 9.69 Å². The number of aryl methyl sites for hydroxylation is 1. The summed E-state index contributed by atoms with van der Waals surface area (Å²) in [6.45, 7) is 5.77. The Hall–Kier alpha value is -1.35. The monoisotopic (exact) mass is 233 g/mol. The first kappa shape index (κ1) is 12.1. The quantitative estimate of drug-likeness (QED) is 0.731. The number of nitrogens with zero attached hydrogens (tertiary/aromatic N) is 1. The third kappa shape index (κ3) is 2.50. The highest BCUT2D eigenvalue weighted by Crippen LogP contribution is 2.21. The van der Waals surface area contributed by atoms with Crippen LogP contribution in [0.5, 0.6) is 0 Å². The van der Waals surface area contributed by atoms with Crippen LogP contribution in [0.15, 0.2) is 18.2 Å². The lowest BCUT2D eigenvalue weighted by molar-refractivity contribution is -0.146. The summed E-state index contributed by atoms with van der Waals surface area (Å²) < 4.78 is 4.80. The number of fused-ring (bicyclic) bond motifs is 1. The highest BCUT2D eigenvalue weighted by Gasteiger charge is 2.25. The molecule has 1 aromatic rings. The van der Waals surface area contributed by atoms with Crippen molar-refractivity contribution in [1.29, 1.82) is 0 Å². The fourth-order valence-corrected chi connectivity index (χ4v) is 2.36. The summed E-state index contributed by atoms with van der Waals surface area (Å²) in [5.41, 5.74) is 4.02. The van der Waals surface area contributed by atoms with Crippen molar-refractivity contribution < 1.29 is 9.53 Å². The minimum absolute atomic E-state index is 0.152. The Morgan fingerprint density at radius 2 is 2.18 bits per heavy atom. The van der Waals surface area contributed by atoms with Crippen LogP contribution in [0.1, 0.15) is 23.6 Å². The molecular weight excluding hydrogens is 214 g/mol. The Bertz CT molecular complexity index is 428. The molecule has 17 heavy (non-hydrogen) atoms. The molecule has 1 atom stereocenters. The molecule has 92 valence electrons. The van der Waals surface area contributed by atoms with Crippen LogP contribution in [0.4, 0.5) is 0 Å². The number of carbonyl (C=O) groups excluding carboxylic acids is 1. The van der Waals surface area contributed by atoms with E-state index in [1.807, 2.05) is 6.92 Å². The zero-order valence-electron chi connectivity index (χ0n) is 10.7. The van der Waals surface area contributed by atoms with Crippen LogP contribution in [0.3, 0.4) is 0 Å². The highest BCUT2D eigenvalue weighted by atomic mass is 16.5. The minimum atomic E-state index is -0.159. The van der Waals surface area contributed by atoms with Crippen molar-refractivity contribution in [3.05, 3.63) is 34.9 Å².